The molecule has 202 valence electrons. The number of anilines is 1. The van der Waals surface area contributed by atoms with Gasteiger partial charge in [0.2, 0.25) is 17.7 Å². The first-order valence-electron chi connectivity index (χ1n) is 13.2. The zero-order chi connectivity index (χ0) is 26.0. The van der Waals surface area contributed by atoms with Crippen molar-refractivity contribution >= 4 is 23.4 Å². The quantitative estimate of drug-likeness (QED) is 0.379. The molecule has 3 N–H and O–H groups in total. The van der Waals surface area contributed by atoms with E-state index in [1.807, 2.05) is 17.0 Å². The average molecular weight is 514 g/mol. The number of nitrogens with one attached hydrogen (secondary N) is 3. The molecule has 10 heteroatoms. The van der Waals surface area contributed by atoms with Crippen LogP contribution >= 0.6 is 0 Å². The van der Waals surface area contributed by atoms with E-state index in [-0.39, 0.29) is 36.1 Å². The maximum atomic E-state index is 13.0. The van der Waals surface area contributed by atoms with Crippen molar-refractivity contribution in [3.63, 3.8) is 0 Å². The standard InChI is InChI=1S/C27H39N5O5/c1-20(33)29-7-8-30-26(34)16-21-6-9-32-19-22(21)3-2-12-37-25-5-4-24(31-10-13-36-14-11-31)15-23(25)17-28-18-27(32)35/h2-5,15,21-22,28H,6-14,16-19H2,1H3,(H,29,33)(H,30,34)/t21-,22-/m0/s1. The van der Waals surface area contributed by atoms with E-state index in [1.165, 1.54) is 6.92 Å². The number of fused-ring (bicyclic) bond motifs is 3. The van der Waals surface area contributed by atoms with Gasteiger partial charge in [0.1, 0.15) is 12.4 Å². The van der Waals surface area contributed by atoms with E-state index in [4.69, 9.17) is 9.47 Å². The molecular weight excluding hydrogens is 474 g/mol. The molecule has 3 aliphatic heterocycles. The summed E-state index contributed by atoms with van der Waals surface area (Å²) in [5.74, 6) is 0.947. The van der Waals surface area contributed by atoms with Gasteiger partial charge in [-0.15, -0.1) is 0 Å². The number of hydrogen-bond acceptors (Lipinski definition) is 7. The molecule has 3 amide bonds. The summed E-state index contributed by atoms with van der Waals surface area (Å²) >= 11 is 0. The minimum absolute atomic E-state index is 0.0330. The first-order valence-corrected chi connectivity index (χ1v) is 13.2. The number of hydrogen-bond donors (Lipinski definition) is 3. The van der Waals surface area contributed by atoms with E-state index >= 15 is 0 Å². The second-order valence-electron chi connectivity index (χ2n) is 9.82. The number of carbonyl (C=O) groups excluding carboxylic acids is 3. The molecule has 1 aromatic rings. The second-order valence-corrected chi connectivity index (χ2v) is 9.82. The first kappa shape index (κ1) is 26.9. The van der Waals surface area contributed by atoms with E-state index in [0.29, 0.717) is 45.8 Å². The van der Waals surface area contributed by atoms with Crippen molar-refractivity contribution in [2.24, 2.45) is 11.8 Å². The Bertz CT molecular complexity index is 978. The number of morpholine rings is 1. The summed E-state index contributed by atoms with van der Waals surface area (Å²) in [5, 5.41) is 8.87. The summed E-state index contributed by atoms with van der Waals surface area (Å²) in [6.07, 6.45) is 5.26. The minimum atomic E-state index is -0.114. The Morgan fingerprint density at radius 3 is 2.70 bits per heavy atom. The molecule has 2 atom stereocenters. The van der Waals surface area contributed by atoms with Crippen molar-refractivity contribution < 1.29 is 23.9 Å². The fourth-order valence-electron chi connectivity index (χ4n) is 5.13. The summed E-state index contributed by atoms with van der Waals surface area (Å²) in [6, 6.07) is 6.23. The van der Waals surface area contributed by atoms with Gasteiger partial charge in [-0.2, -0.15) is 0 Å². The van der Waals surface area contributed by atoms with Crippen molar-refractivity contribution in [1.82, 2.24) is 20.9 Å². The maximum Gasteiger partial charge on any atom is 0.236 e. The Labute approximate surface area is 218 Å². The fraction of sp³-hybridized carbons (Fsp3) is 0.593. The molecule has 4 rings (SSSR count). The van der Waals surface area contributed by atoms with Crippen LogP contribution in [-0.2, 0) is 25.7 Å². The van der Waals surface area contributed by atoms with Crippen LogP contribution in [-0.4, -0.2) is 88.3 Å². The molecule has 0 aliphatic carbocycles. The maximum absolute atomic E-state index is 13.0. The topological polar surface area (TPSA) is 112 Å². The smallest absolute Gasteiger partial charge is 0.236 e. The van der Waals surface area contributed by atoms with Gasteiger partial charge in [-0.05, 0) is 36.5 Å². The summed E-state index contributed by atoms with van der Waals surface area (Å²) in [4.78, 5) is 40.7. The summed E-state index contributed by atoms with van der Waals surface area (Å²) in [5.41, 5.74) is 2.16. The lowest BCUT2D eigenvalue weighted by atomic mass is 9.82. The number of rotatable bonds is 6. The molecule has 0 saturated carbocycles. The molecule has 2 fully saturated rings. The predicted molar refractivity (Wildman–Crippen MR) is 140 cm³/mol. The van der Waals surface area contributed by atoms with Crippen LogP contribution in [0.5, 0.6) is 5.75 Å². The van der Waals surface area contributed by atoms with Crippen LogP contribution in [0.4, 0.5) is 5.69 Å². The highest BCUT2D eigenvalue weighted by Crippen LogP contribution is 2.29. The highest BCUT2D eigenvalue weighted by molar-refractivity contribution is 5.79. The highest BCUT2D eigenvalue weighted by Gasteiger charge is 2.31. The van der Waals surface area contributed by atoms with Gasteiger partial charge in [0.25, 0.3) is 0 Å². The third kappa shape index (κ3) is 7.93. The van der Waals surface area contributed by atoms with Crippen molar-refractivity contribution in [2.45, 2.75) is 26.3 Å². The van der Waals surface area contributed by atoms with Crippen LogP contribution in [0.3, 0.4) is 0 Å². The van der Waals surface area contributed by atoms with Crippen LogP contribution in [0.25, 0.3) is 0 Å². The lowest BCUT2D eigenvalue weighted by molar-refractivity contribution is -0.132. The number of piperidine rings is 1. The highest BCUT2D eigenvalue weighted by atomic mass is 16.5. The lowest BCUT2D eigenvalue weighted by Gasteiger charge is -2.37. The molecular formula is C27H39N5O5. The molecule has 10 nitrogen and oxygen atoms in total. The van der Waals surface area contributed by atoms with Gasteiger partial charge in [-0.25, -0.2) is 0 Å². The van der Waals surface area contributed by atoms with E-state index < -0.39 is 0 Å². The Morgan fingerprint density at radius 2 is 1.89 bits per heavy atom. The summed E-state index contributed by atoms with van der Waals surface area (Å²) in [7, 11) is 0. The van der Waals surface area contributed by atoms with Gasteiger partial charge in [-0.3, -0.25) is 14.4 Å². The number of carbonyl (C=O) groups is 3. The largest absolute Gasteiger partial charge is 0.489 e. The summed E-state index contributed by atoms with van der Waals surface area (Å²) < 4.78 is 11.6. The van der Waals surface area contributed by atoms with E-state index in [1.54, 1.807) is 0 Å². The molecule has 1 aromatic carbocycles. The van der Waals surface area contributed by atoms with Gasteiger partial charge < -0.3 is 35.2 Å². The fourth-order valence-corrected chi connectivity index (χ4v) is 5.13. The SMILES string of the molecule is CC(=O)NCCNC(=O)C[C@@H]1CCN2C[C@@H]1C=CCOc1ccc(N3CCOCC3)cc1CNCC2=O. The van der Waals surface area contributed by atoms with Gasteiger partial charge >= 0.3 is 0 Å². The Hall–Kier alpha value is -3.11. The van der Waals surface area contributed by atoms with Gasteiger partial charge in [0.05, 0.1) is 19.8 Å². The molecule has 0 aromatic heterocycles. The van der Waals surface area contributed by atoms with Gasteiger partial charge in [0, 0.05) is 70.4 Å². The van der Waals surface area contributed by atoms with Crippen LogP contribution in [0.15, 0.2) is 30.4 Å². The normalized spacial score (nSPS) is 22.6. The minimum Gasteiger partial charge on any atom is -0.489 e. The summed E-state index contributed by atoms with van der Waals surface area (Å²) in [6.45, 7) is 7.90. The van der Waals surface area contributed by atoms with Crippen LogP contribution in [0, 0.1) is 11.8 Å². The Balaban J connectivity index is 1.40. The zero-order valence-electron chi connectivity index (χ0n) is 21.7. The van der Waals surface area contributed by atoms with Crippen molar-refractivity contribution in [3.05, 3.63) is 35.9 Å². The predicted octanol–water partition coefficient (Wildman–Crippen LogP) is 0.669. The molecule has 0 unspecified atom stereocenters. The number of nitrogens with zero attached hydrogens (tertiary/aromatic N) is 2. The molecule has 2 bridgehead atoms. The van der Waals surface area contributed by atoms with E-state index in [9.17, 15) is 14.4 Å². The van der Waals surface area contributed by atoms with Crippen LogP contribution in [0.2, 0.25) is 0 Å². The van der Waals surface area contributed by atoms with Crippen molar-refractivity contribution in [2.75, 3.05) is 70.5 Å². The molecule has 0 spiro atoms. The van der Waals surface area contributed by atoms with Crippen LogP contribution < -0.4 is 25.6 Å². The third-order valence-corrected chi connectivity index (χ3v) is 7.16. The number of benzene rings is 1. The molecule has 0 radical (unpaired) electrons. The van der Waals surface area contributed by atoms with E-state index in [0.717, 1.165) is 49.7 Å². The Morgan fingerprint density at radius 1 is 1.08 bits per heavy atom. The lowest BCUT2D eigenvalue weighted by Crippen LogP contribution is -2.47. The van der Waals surface area contributed by atoms with E-state index in [2.05, 4.69) is 39.1 Å². The van der Waals surface area contributed by atoms with Crippen molar-refractivity contribution in [1.29, 1.82) is 0 Å². The van der Waals surface area contributed by atoms with Crippen LogP contribution in [0.1, 0.15) is 25.3 Å². The average Bonchev–Trinajstić information content (AvgIpc) is 2.91. The number of amides is 3. The molecule has 3 aliphatic rings. The molecule has 37 heavy (non-hydrogen) atoms. The van der Waals surface area contributed by atoms with Gasteiger partial charge in [0.15, 0.2) is 0 Å². The molecule has 2 saturated heterocycles. The monoisotopic (exact) mass is 513 g/mol. The first-order chi connectivity index (χ1) is 18.0. The third-order valence-electron chi connectivity index (χ3n) is 7.16. The number of ether oxygens (including phenoxy) is 2. The van der Waals surface area contributed by atoms with Gasteiger partial charge in [-0.1, -0.05) is 12.2 Å². The Kier molecular flexibility index (Phi) is 9.78. The molecule has 3 heterocycles. The second kappa shape index (κ2) is 13.4. The van der Waals surface area contributed by atoms with Crippen molar-refractivity contribution in [3.8, 4) is 5.75 Å². The zero-order valence-corrected chi connectivity index (χ0v) is 21.7.